The summed E-state index contributed by atoms with van der Waals surface area (Å²) in [5.74, 6) is -0.201. The van der Waals surface area contributed by atoms with Gasteiger partial charge in [0.15, 0.2) is 0 Å². The number of aromatic nitrogens is 2. The summed E-state index contributed by atoms with van der Waals surface area (Å²) in [4.78, 5) is 19.8. The van der Waals surface area contributed by atoms with E-state index in [1.165, 1.54) is 6.33 Å². The van der Waals surface area contributed by atoms with Gasteiger partial charge in [-0.3, -0.25) is 4.79 Å². The summed E-state index contributed by atoms with van der Waals surface area (Å²) in [5, 5.41) is 2.77. The number of carbonyl (C=O) groups is 1. The van der Waals surface area contributed by atoms with Gasteiger partial charge in [-0.25, -0.2) is 9.97 Å². The first-order valence-corrected chi connectivity index (χ1v) is 6.04. The van der Waals surface area contributed by atoms with Gasteiger partial charge in [0.25, 0.3) is 5.91 Å². The number of nitrogens with two attached hydrogens (primary N) is 1. The van der Waals surface area contributed by atoms with E-state index in [0.717, 1.165) is 5.69 Å². The van der Waals surface area contributed by atoms with Gasteiger partial charge in [0.2, 0.25) is 0 Å². The van der Waals surface area contributed by atoms with Gasteiger partial charge in [-0.2, -0.15) is 0 Å². The third-order valence-electron chi connectivity index (χ3n) is 2.31. The van der Waals surface area contributed by atoms with Crippen molar-refractivity contribution in [3.63, 3.8) is 0 Å². The molecule has 5 nitrogen and oxygen atoms in total. The highest BCUT2D eigenvalue weighted by molar-refractivity contribution is 9.10. The SMILES string of the molecule is Nc1ccc(Br)c(C(=O)NCc2ccncn2)c1. The molecule has 1 amide bonds. The fourth-order valence-electron chi connectivity index (χ4n) is 1.41. The van der Waals surface area contributed by atoms with Crippen molar-refractivity contribution in [1.82, 2.24) is 15.3 Å². The molecule has 18 heavy (non-hydrogen) atoms. The molecule has 1 aromatic heterocycles. The maximum atomic E-state index is 12.0. The van der Waals surface area contributed by atoms with E-state index >= 15 is 0 Å². The molecule has 0 spiro atoms. The number of nitrogens with zero attached hydrogens (tertiary/aromatic N) is 2. The van der Waals surface area contributed by atoms with Gasteiger partial charge in [0.1, 0.15) is 6.33 Å². The van der Waals surface area contributed by atoms with Crippen LogP contribution < -0.4 is 11.1 Å². The number of hydrogen-bond donors (Lipinski definition) is 2. The summed E-state index contributed by atoms with van der Waals surface area (Å²) in [6, 6.07) is 6.84. The van der Waals surface area contributed by atoms with Crippen LogP contribution in [0, 0.1) is 0 Å². The minimum absolute atomic E-state index is 0.201. The van der Waals surface area contributed by atoms with E-state index < -0.39 is 0 Å². The highest BCUT2D eigenvalue weighted by Gasteiger charge is 2.10. The molecule has 0 radical (unpaired) electrons. The number of benzene rings is 1. The number of amides is 1. The summed E-state index contributed by atoms with van der Waals surface area (Å²) >= 11 is 3.32. The highest BCUT2D eigenvalue weighted by atomic mass is 79.9. The average Bonchev–Trinajstić information content (AvgIpc) is 2.40. The van der Waals surface area contributed by atoms with Gasteiger partial charge in [0.05, 0.1) is 17.8 Å². The van der Waals surface area contributed by atoms with E-state index in [2.05, 4.69) is 31.2 Å². The summed E-state index contributed by atoms with van der Waals surface area (Å²) in [5.41, 5.74) is 7.45. The van der Waals surface area contributed by atoms with Gasteiger partial charge in [-0.15, -0.1) is 0 Å². The first-order valence-electron chi connectivity index (χ1n) is 5.25. The second kappa shape index (κ2) is 5.59. The smallest absolute Gasteiger partial charge is 0.252 e. The van der Waals surface area contributed by atoms with Crippen molar-refractivity contribution < 1.29 is 4.79 Å². The molecule has 6 heteroatoms. The van der Waals surface area contributed by atoms with Crippen LogP contribution in [-0.2, 0) is 6.54 Å². The molecule has 0 aliphatic rings. The lowest BCUT2D eigenvalue weighted by Crippen LogP contribution is -2.23. The molecule has 0 atom stereocenters. The van der Waals surface area contributed by atoms with Crippen LogP contribution in [0.3, 0.4) is 0 Å². The maximum absolute atomic E-state index is 12.0. The molecule has 0 bridgehead atoms. The Morgan fingerprint density at radius 3 is 2.94 bits per heavy atom. The molecule has 2 rings (SSSR count). The Hall–Kier alpha value is -1.95. The van der Waals surface area contributed by atoms with Gasteiger partial charge in [-0.05, 0) is 40.2 Å². The summed E-state index contributed by atoms with van der Waals surface area (Å²) in [6.07, 6.45) is 3.07. The van der Waals surface area contributed by atoms with E-state index in [9.17, 15) is 4.79 Å². The number of anilines is 1. The average molecular weight is 307 g/mol. The van der Waals surface area contributed by atoms with Crippen molar-refractivity contribution in [1.29, 1.82) is 0 Å². The van der Waals surface area contributed by atoms with E-state index in [-0.39, 0.29) is 5.91 Å². The predicted octanol–water partition coefficient (Wildman–Crippen LogP) is 1.75. The Labute approximate surface area is 113 Å². The Morgan fingerprint density at radius 2 is 2.22 bits per heavy atom. The fourth-order valence-corrected chi connectivity index (χ4v) is 1.83. The Kier molecular flexibility index (Phi) is 3.88. The molecule has 0 aliphatic heterocycles. The van der Waals surface area contributed by atoms with Crippen molar-refractivity contribution in [2.75, 3.05) is 5.73 Å². The minimum atomic E-state index is -0.201. The number of rotatable bonds is 3. The van der Waals surface area contributed by atoms with Crippen molar-refractivity contribution in [2.45, 2.75) is 6.54 Å². The topological polar surface area (TPSA) is 80.9 Å². The molecule has 0 saturated heterocycles. The van der Waals surface area contributed by atoms with Crippen LogP contribution in [0.2, 0.25) is 0 Å². The number of nitrogens with one attached hydrogen (secondary N) is 1. The van der Waals surface area contributed by atoms with E-state index in [1.807, 2.05) is 0 Å². The fraction of sp³-hybridized carbons (Fsp3) is 0.0833. The monoisotopic (exact) mass is 306 g/mol. The predicted molar refractivity (Wildman–Crippen MR) is 71.8 cm³/mol. The van der Waals surface area contributed by atoms with Gasteiger partial charge < -0.3 is 11.1 Å². The molecule has 0 fully saturated rings. The number of nitrogen functional groups attached to an aromatic ring is 1. The van der Waals surface area contributed by atoms with Crippen LogP contribution in [0.15, 0.2) is 41.3 Å². The minimum Gasteiger partial charge on any atom is -0.399 e. The molecular weight excluding hydrogens is 296 g/mol. The molecule has 3 N–H and O–H groups in total. The standard InChI is InChI=1S/C12H11BrN4O/c13-11-2-1-8(14)5-10(11)12(18)16-6-9-3-4-15-7-17-9/h1-5,7H,6,14H2,(H,16,18). The first kappa shape index (κ1) is 12.5. The van der Waals surface area contributed by atoms with Crippen LogP contribution in [0.1, 0.15) is 16.1 Å². The lowest BCUT2D eigenvalue weighted by Gasteiger charge is -2.07. The van der Waals surface area contributed by atoms with Crippen LogP contribution in [0.5, 0.6) is 0 Å². The second-order valence-corrected chi connectivity index (χ2v) is 4.48. The van der Waals surface area contributed by atoms with Gasteiger partial charge >= 0.3 is 0 Å². The van der Waals surface area contributed by atoms with Crippen LogP contribution in [0.4, 0.5) is 5.69 Å². The van der Waals surface area contributed by atoms with Crippen LogP contribution in [-0.4, -0.2) is 15.9 Å². The molecular formula is C12H11BrN4O. The third-order valence-corrected chi connectivity index (χ3v) is 3.00. The maximum Gasteiger partial charge on any atom is 0.252 e. The van der Waals surface area contributed by atoms with E-state index in [0.29, 0.717) is 22.3 Å². The quantitative estimate of drug-likeness (QED) is 0.847. The third kappa shape index (κ3) is 3.04. The zero-order valence-corrected chi connectivity index (χ0v) is 11.0. The molecule has 1 aromatic carbocycles. The summed E-state index contributed by atoms with van der Waals surface area (Å²) in [7, 11) is 0. The lowest BCUT2D eigenvalue weighted by atomic mass is 10.2. The molecule has 1 heterocycles. The lowest BCUT2D eigenvalue weighted by molar-refractivity contribution is 0.0949. The first-order chi connectivity index (χ1) is 8.66. The zero-order chi connectivity index (χ0) is 13.0. The Morgan fingerprint density at radius 1 is 1.39 bits per heavy atom. The summed E-state index contributed by atoms with van der Waals surface area (Å²) in [6.45, 7) is 0.350. The number of carbonyl (C=O) groups excluding carboxylic acids is 1. The second-order valence-electron chi connectivity index (χ2n) is 3.62. The molecule has 92 valence electrons. The molecule has 0 saturated carbocycles. The molecule has 0 unspecified atom stereocenters. The Bertz CT molecular complexity index is 559. The van der Waals surface area contributed by atoms with Gasteiger partial charge in [-0.1, -0.05) is 0 Å². The van der Waals surface area contributed by atoms with E-state index in [4.69, 9.17) is 5.73 Å². The molecule has 2 aromatic rings. The highest BCUT2D eigenvalue weighted by Crippen LogP contribution is 2.19. The largest absolute Gasteiger partial charge is 0.399 e. The van der Waals surface area contributed by atoms with E-state index in [1.54, 1.807) is 30.5 Å². The van der Waals surface area contributed by atoms with Crippen molar-refractivity contribution >= 4 is 27.5 Å². The summed E-state index contributed by atoms with van der Waals surface area (Å²) < 4.78 is 0.705. The van der Waals surface area contributed by atoms with Crippen LogP contribution in [0.25, 0.3) is 0 Å². The van der Waals surface area contributed by atoms with Crippen LogP contribution >= 0.6 is 15.9 Å². The number of hydrogen-bond acceptors (Lipinski definition) is 4. The Balaban J connectivity index is 2.06. The van der Waals surface area contributed by atoms with Crippen molar-refractivity contribution in [3.05, 3.63) is 52.5 Å². The zero-order valence-electron chi connectivity index (χ0n) is 9.43. The van der Waals surface area contributed by atoms with Crippen molar-refractivity contribution in [2.24, 2.45) is 0 Å². The normalized spacial score (nSPS) is 10.1. The molecule has 0 aliphatic carbocycles. The van der Waals surface area contributed by atoms with Gasteiger partial charge in [0, 0.05) is 16.4 Å². The van der Waals surface area contributed by atoms with Crippen molar-refractivity contribution in [3.8, 4) is 0 Å². The number of halogens is 1.